The molecule has 5 aromatic rings. The van der Waals surface area contributed by atoms with E-state index in [1.54, 1.807) is 0 Å². The average Bonchev–Trinajstić information content (AvgIpc) is 4.07. The molecule has 0 saturated carbocycles. The van der Waals surface area contributed by atoms with Gasteiger partial charge < -0.3 is 28.4 Å². The highest BCUT2D eigenvalue weighted by Gasteiger charge is 2.21. The number of ether oxygens (including phenoxy) is 2. The molecule has 0 aliphatic carbocycles. The Morgan fingerprint density at radius 2 is 0.982 bits per heavy atom. The van der Waals surface area contributed by atoms with Crippen LogP contribution in [0.2, 0.25) is 0 Å². The number of hydrogen-bond acceptors (Lipinski definition) is 4. The minimum Gasteiger partial charge on any atom is -0.493 e. The van der Waals surface area contributed by atoms with Crippen molar-refractivity contribution in [2.45, 2.75) is 41.0 Å². The number of aromatic amines is 2. The zero-order valence-corrected chi connectivity index (χ0v) is 34.1. The zero-order valence-electron chi connectivity index (χ0n) is 34.1. The fourth-order valence-electron chi connectivity index (χ4n) is 7.79. The van der Waals surface area contributed by atoms with Gasteiger partial charge in [-0.15, -0.1) is 0 Å². The molecule has 3 aromatic heterocycles. The molecular weight excluding hydrogens is 693 g/mol. The largest absolute Gasteiger partial charge is 0.493 e. The van der Waals surface area contributed by atoms with Crippen molar-refractivity contribution >= 4 is 46.4 Å². The Kier molecular flexibility index (Phi) is 11.9. The lowest BCUT2D eigenvalue weighted by atomic mass is 10.0. The van der Waals surface area contributed by atoms with E-state index in [4.69, 9.17) is 19.4 Å². The summed E-state index contributed by atoms with van der Waals surface area (Å²) < 4.78 is 14.6. The molecule has 290 valence electrons. The van der Waals surface area contributed by atoms with Gasteiger partial charge in [0, 0.05) is 39.6 Å². The monoisotopic (exact) mass is 750 g/mol. The van der Waals surface area contributed by atoms with Gasteiger partial charge in [0.2, 0.25) is 0 Å². The van der Waals surface area contributed by atoms with Crippen LogP contribution in [0.3, 0.4) is 0 Å². The van der Waals surface area contributed by atoms with E-state index in [1.165, 1.54) is 0 Å². The van der Waals surface area contributed by atoms with E-state index in [2.05, 4.69) is 161 Å². The Hall–Kier alpha value is -5.44. The van der Waals surface area contributed by atoms with Crippen molar-refractivity contribution in [2.24, 2.45) is 0 Å². The number of likely N-dealkylation sites (N-methyl/N-ethyl adjacent to an activating group) is 1. The van der Waals surface area contributed by atoms with E-state index >= 15 is 0 Å². The molecule has 8 bridgehead atoms. The quantitative estimate of drug-likeness (QED) is 0.0762. The van der Waals surface area contributed by atoms with Gasteiger partial charge in [0.1, 0.15) is 24.7 Å². The summed E-state index contributed by atoms with van der Waals surface area (Å²) in [6.45, 7) is 20.5. The van der Waals surface area contributed by atoms with Gasteiger partial charge in [0.25, 0.3) is 0 Å². The summed E-state index contributed by atoms with van der Waals surface area (Å²) in [4.78, 5) is 17.6. The number of nitrogens with zero attached hydrogens (tertiary/aromatic N) is 4. The first-order chi connectivity index (χ1) is 27.3. The molecule has 0 spiro atoms. The second kappa shape index (κ2) is 17.1. The molecule has 2 aromatic carbocycles. The normalized spacial score (nSPS) is 12.7. The average molecular weight is 751 g/mol. The van der Waals surface area contributed by atoms with Crippen LogP contribution in [0, 0.1) is 0 Å². The second-order valence-electron chi connectivity index (χ2n) is 15.3. The van der Waals surface area contributed by atoms with Crippen molar-refractivity contribution in [1.29, 1.82) is 0 Å². The van der Waals surface area contributed by atoms with E-state index in [1.807, 2.05) is 0 Å². The van der Waals surface area contributed by atoms with Gasteiger partial charge in [0.05, 0.1) is 75.7 Å². The van der Waals surface area contributed by atoms with Crippen molar-refractivity contribution in [3.05, 3.63) is 108 Å². The minimum absolute atomic E-state index is 0.695. The van der Waals surface area contributed by atoms with Crippen LogP contribution in [0.1, 0.15) is 63.8 Å². The van der Waals surface area contributed by atoms with Crippen molar-refractivity contribution < 1.29 is 18.4 Å². The minimum atomic E-state index is 0.695. The van der Waals surface area contributed by atoms with Gasteiger partial charge in [0.15, 0.2) is 0 Å². The van der Waals surface area contributed by atoms with Gasteiger partial charge >= 0.3 is 0 Å². The Labute approximate surface area is 332 Å². The van der Waals surface area contributed by atoms with Crippen LogP contribution in [0.25, 0.3) is 68.6 Å². The molecular formula is C48H58N6O2+2. The number of H-pyrrole nitrogens is 2. The zero-order chi connectivity index (χ0) is 39.1. The van der Waals surface area contributed by atoms with Gasteiger partial charge in [-0.1, -0.05) is 24.3 Å². The lowest BCUT2D eigenvalue weighted by molar-refractivity contribution is -0.923. The van der Waals surface area contributed by atoms with Crippen LogP contribution in [0.5, 0.6) is 11.5 Å². The first-order valence-corrected chi connectivity index (χ1v) is 20.5. The summed E-state index contributed by atoms with van der Waals surface area (Å²) in [5, 5.41) is 0. The summed E-state index contributed by atoms with van der Waals surface area (Å²) >= 11 is 0. The molecule has 8 heteroatoms. The standard InChI is InChI=1S/C48H58N6O2/c1-7-53(6,8-2)29-12-31-55-41-21-13-35(14-22-41)47-43-25-17-37(49-43)33-39-19-27-45(51-39)48(46-28-20-40(52-46)34-38-18-26-44(47)50-38)36-15-23-42(24-16-36)56-32-30-54(9-3,10-4)11-5/h13-28,33-34,49,52H,7-12,29-32H2,1-6H3/q+2. The number of nitrogens with one attached hydrogen (secondary N) is 2. The number of quaternary nitrogens is 2. The predicted molar refractivity (Wildman–Crippen MR) is 234 cm³/mol. The molecule has 0 atom stereocenters. The van der Waals surface area contributed by atoms with Crippen LogP contribution < -0.4 is 9.47 Å². The van der Waals surface area contributed by atoms with E-state index < -0.39 is 0 Å². The van der Waals surface area contributed by atoms with Crippen molar-refractivity contribution in [3.8, 4) is 33.8 Å². The molecule has 0 fully saturated rings. The fraction of sp³-hybridized carbons (Fsp3) is 0.333. The van der Waals surface area contributed by atoms with Crippen LogP contribution in [0.15, 0.2) is 84.9 Å². The third-order valence-corrected chi connectivity index (χ3v) is 12.2. The van der Waals surface area contributed by atoms with Crippen molar-refractivity contribution in [2.75, 3.05) is 66.1 Å². The van der Waals surface area contributed by atoms with E-state index in [0.717, 1.165) is 140 Å². The van der Waals surface area contributed by atoms with E-state index in [0.29, 0.717) is 13.2 Å². The molecule has 7 rings (SSSR count). The molecule has 2 aliphatic rings. The first kappa shape index (κ1) is 38.8. The maximum atomic E-state index is 6.25. The summed E-state index contributed by atoms with van der Waals surface area (Å²) in [5.74, 6) is 1.76. The Morgan fingerprint density at radius 3 is 1.43 bits per heavy atom. The SMILES string of the molecule is CC[N+](C)(CC)CCCOc1ccc(-c2c3nc(cc4ccc([nH]4)c(-c4ccc(OCC[N+](CC)(CC)CC)cc4)c4nc(cc5ccc2[nH]5)C=C4)C=C3)cc1. The number of rotatable bonds is 16. The third kappa shape index (κ3) is 8.67. The van der Waals surface area contributed by atoms with Gasteiger partial charge in [-0.25, -0.2) is 9.97 Å². The molecule has 56 heavy (non-hydrogen) atoms. The summed E-state index contributed by atoms with van der Waals surface area (Å²) in [5.41, 5.74) is 11.7. The van der Waals surface area contributed by atoms with E-state index in [-0.39, 0.29) is 0 Å². The van der Waals surface area contributed by atoms with Gasteiger partial charge in [-0.3, -0.25) is 0 Å². The summed E-state index contributed by atoms with van der Waals surface area (Å²) in [6.07, 6.45) is 9.40. The molecule has 0 radical (unpaired) electrons. The number of benzene rings is 2. The molecule has 0 amide bonds. The molecule has 2 N–H and O–H groups in total. The maximum Gasteiger partial charge on any atom is 0.137 e. The number of aromatic nitrogens is 4. The Balaban J connectivity index is 1.22. The topological polar surface area (TPSA) is 75.8 Å². The lowest BCUT2D eigenvalue weighted by Crippen LogP contribution is -2.49. The molecule has 8 nitrogen and oxygen atoms in total. The Morgan fingerprint density at radius 1 is 0.518 bits per heavy atom. The van der Waals surface area contributed by atoms with Crippen molar-refractivity contribution in [1.82, 2.24) is 19.9 Å². The van der Waals surface area contributed by atoms with Gasteiger partial charge in [-0.05, 0) is 131 Å². The smallest absolute Gasteiger partial charge is 0.137 e. The molecule has 5 heterocycles. The summed E-state index contributed by atoms with van der Waals surface area (Å²) in [7, 11) is 2.32. The van der Waals surface area contributed by atoms with Crippen LogP contribution in [-0.4, -0.2) is 95.0 Å². The van der Waals surface area contributed by atoms with Crippen molar-refractivity contribution in [3.63, 3.8) is 0 Å². The molecule has 2 aliphatic heterocycles. The highest BCUT2D eigenvalue weighted by Crippen LogP contribution is 2.33. The number of fused-ring (bicyclic) bond motifs is 8. The molecule has 0 unspecified atom stereocenters. The van der Waals surface area contributed by atoms with Crippen LogP contribution in [0.4, 0.5) is 0 Å². The fourth-order valence-corrected chi connectivity index (χ4v) is 7.79. The van der Waals surface area contributed by atoms with Crippen LogP contribution in [-0.2, 0) is 0 Å². The van der Waals surface area contributed by atoms with Gasteiger partial charge in [-0.2, -0.15) is 0 Å². The first-order valence-electron chi connectivity index (χ1n) is 20.5. The van der Waals surface area contributed by atoms with E-state index in [9.17, 15) is 0 Å². The predicted octanol–water partition coefficient (Wildman–Crippen LogP) is 10.5. The third-order valence-electron chi connectivity index (χ3n) is 12.2. The van der Waals surface area contributed by atoms with Crippen LogP contribution >= 0.6 is 0 Å². The highest BCUT2D eigenvalue weighted by atomic mass is 16.5. The number of hydrogen-bond donors (Lipinski definition) is 2. The molecule has 0 saturated heterocycles. The highest BCUT2D eigenvalue weighted by molar-refractivity contribution is 5.93. The Bertz CT molecular complexity index is 2330. The lowest BCUT2D eigenvalue weighted by Gasteiger charge is -2.35. The maximum absolute atomic E-state index is 6.25. The summed E-state index contributed by atoms with van der Waals surface area (Å²) in [6, 6.07) is 29.5. The second-order valence-corrected chi connectivity index (χ2v) is 15.3.